The Kier molecular flexibility index (Phi) is 2.34. The lowest BCUT2D eigenvalue weighted by Gasteiger charge is -2.12. The molecule has 2 aromatic heterocycles. The van der Waals surface area contributed by atoms with Crippen LogP contribution in [0.25, 0.3) is 11.2 Å². The summed E-state index contributed by atoms with van der Waals surface area (Å²) < 4.78 is 4.02. The van der Waals surface area contributed by atoms with Gasteiger partial charge in [0.25, 0.3) is 0 Å². The molecular formula is C12H19N5. The second kappa shape index (κ2) is 3.75. The minimum Gasteiger partial charge on any atom is -0.369 e. The van der Waals surface area contributed by atoms with E-state index in [0.717, 1.165) is 29.3 Å². The van der Waals surface area contributed by atoms with Crippen LogP contribution in [0.1, 0.15) is 31.4 Å². The molecule has 3 rings (SSSR count). The zero-order valence-corrected chi connectivity index (χ0v) is 10.5. The monoisotopic (exact) mass is 233 g/mol. The van der Waals surface area contributed by atoms with Crippen molar-refractivity contribution in [3.05, 3.63) is 5.69 Å². The van der Waals surface area contributed by atoms with Crippen LogP contribution in [0, 0.1) is 12.8 Å². The quantitative estimate of drug-likeness (QED) is 0.861. The normalized spacial score (nSPS) is 17.3. The lowest BCUT2D eigenvalue weighted by Crippen LogP contribution is -2.12. The molecule has 1 saturated carbocycles. The Labute approximate surface area is 101 Å². The van der Waals surface area contributed by atoms with E-state index in [4.69, 9.17) is 5.73 Å². The largest absolute Gasteiger partial charge is 0.369 e. The van der Waals surface area contributed by atoms with Gasteiger partial charge in [0.05, 0.1) is 5.69 Å². The topological polar surface area (TPSA) is 61.7 Å². The first-order chi connectivity index (χ1) is 8.16. The fraction of sp³-hybridized carbons (Fsp3) is 0.667. The van der Waals surface area contributed by atoms with Crippen molar-refractivity contribution in [1.82, 2.24) is 19.3 Å². The summed E-state index contributed by atoms with van der Waals surface area (Å²) in [6, 6.07) is 0. The van der Waals surface area contributed by atoms with Gasteiger partial charge in [-0.25, -0.2) is 4.98 Å². The number of aryl methyl sites for hydroxylation is 2. The molecule has 1 aliphatic carbocycles. The van der Waals surface area contributed by atoms with Crippen LogP contribution >= 0.6 is 0 Å². The maximum absolute atomic E-state index is 6.02. The Morgan fingerprint density at radius 3 is 2.76 bits per heavy atom. The molecule has 5 nitrogen and oxygen atoms in total. The molecule has 2 heterocycles. The molecule has 5 heteroatoms. The van der Waals surface area contributed by atoms with Crippen molar-refractivity contribution in [2.75, 3.05) is 5.73 Å². The fourth-order valence-electron chi connectivity index (χ4n) is 2.98. The molecular weight excluding hydrogens is 214 g/mol. The summed E-state index contributed by atoms with van der Waals surface area (Å²) in [6.45, 7) is 2.97. The van der Waals surface area contributed by atoms with Gasteiger partial charge in [-0.3, -0.25) is 9.25 Å². The highest BCUT2D eigenvalue weighted by Crippen LogP contribution is 2.29. The van der Waals surface area contributed by atoms with E-state index >= 15 is 0 Å². The lowest BCUT2D eigenvalue weighted by atomic mass is 10.1. The summed E-state index contributed by atoms with van der Waals surface area (Å²) >= 11 is 0. The van der Waals surface area contributed by atoms with Gasteiger partial charge in [-0.2, -0.15) is 5.10 Å². The van der Waals surface area contributed by atoms with Crippen molar-refractivity contribution in [3.63, 3.8) is 0 Å². The van der Waals surface area contributed by atoms with Crippen LogP contribution in [0.3, 0.4) is 0 Å². The van der Waals surface area contributed by atoms with Crippen LogP contribution in [0.4, 0.5) is 5.95 Å². The van der Waals surface area contributed by atoms with Crippen molar-refractivity contribution in [1.29, 1.82) is 0 Å². The third kappa shape index (κ3) is 1.61. The molecule has 0 saturated heterocycles. The van der Waals surface area contributed by atoms with Gasteiger partial charge >= 0.3 is 0 Å². The van der Waals surface area contributed by atoms with Crippen molar-refractivity contribution < 1.29 is 0 Å². The number of hydrogen-bond acceptors (Lipinski definition) is 3. The van der Waals surface area contributed by atoms with Crippen LogP contribution in [-0.2, 0) is 13.6 Å². The number of nitrogen functional groups attached to an aromatic ring is 1. The van der Waals surface area contributed by atoms with Crippen LogP contribution < -0.4 is 5.73 Å². The second-order valence-electron chi connectivity index (χ2n) is 5.11. The molecule has 0 amide bonds. The lowest BCUT2D eigenvalue weighted by molar-refractivity contribution is 0.463. The number of nitrogens with zero attached hydrogens (tertiary/aromatic N) is 4. The molecule has 0 aliphatic heterocycles. The third-order valence-corrected chi connectivity index (χ3v) is 3.84. The number of rotatable bonds is 2. The molecule has 0 aromatic carbocycles. The van der Waals surface area contributed by atoms with E-state index in [-0.39, 0.29) is 0 Å². The summed E-state index contributed by atoms with van der Waals surface area (Å²) in [5.41, 5.74) is 8.99. The van der Waals surface area contributed by atoms with Crippen LogP contribution in [0.2, 0.25) is 0 Å². The van der Waals surface area contributed by atoms with Gasteiger partial charge in [0.15, 0.2) is 5.65 Å². The molecule has 0 unspecified atom stereocenters. The van der Waals surface area contributed by atoms with Gasteiger partial charge < -0.3 is 5.73 Å². The van der Waals surface area contributed by atoms with E-state index in [0.29, 0.717) is 5.95 Å². The first kappa shape index (κ1) is 10.6. The van der Waals surface area contributed by atoms with E-state index in [1.807, 2.05) is 18.7 Å². The average Bonchev–Trinajstić information content (AvgIpc) is 2.93. The summed E-state index contributed by atoms with van der Waals surface area (Å²) in [7, 11) is 1.96. The van der Waals surface area contributed by atoms with Crippen molar-refractivity contribution in [2.24, 2.45) is 13.0 Å². The molecule has 2 aromatic rings. The van der Waals surface area contributed by atoms with Gasteiger partial charge in [0.1, 0.15) is 5.52 Å². The molecule has 0 bridgehead atoms. The zero-order valence-electron chi connectivity index (χ0n) is 10.5. The van der Waals surface area contributed by atoms with E-state index in [9.17, 15) is 0 Å². The van der Waals surface area contributed by atoms with Gasteiger partial charge in [0, 0.05) is 13.6 Å². The molecule has 17 heavy (non-hydrogen) atoms. The predicted octanol–water partition coefficient (Wildman–Crippen LogP) is 1.85. The first-order valence-corrected chi connectivity index (χ1v) is 6.32. The molecule has 1 fully saturated rings. The number of hydrogen-bond donors (Lipinski definition) is 1. The first-order valence-electron chi connectivity index (χ1n) is 6.32. The minimum atomic E-state index is 0.628. The Morgan fingerprint density at radius 2 is 2.06 bits per heavy atom. The highest BCUT2D eigenvalue weighted by Gasteiger charge is 2.21. The van der Waals surface area contributed by atoms with Crippen molar-refractivity contribution >= 4 is 17.1 Å². The maximum atomic E-state index is 6.02. The smallest absolute Gasteiger partial charge is 0.202 e. The van der Waals surface area contributed by atoms with Crippen molar-refractivity contribution in [2.45, 2.75) is 39.2 Å². The molecule has 0 radical (unpaired) electrons. The zero-order chi connectivity index (χ0) is 12.0. The average molecular weight is 233 g/mol. The molecule has 92 valence electrons. The Morgan fingerprint density at radius 1 is 1.35 bits per heavy atom. The Bertz CT molecular complexity index is 545. The van der Waals surface area contributed by atoms with Gasteiger partial charge in [-0.15, -0.1) is 0 Å². The number of imidazole rings is 1. The third-order valence-electron chi connectivity index (χ3n) is 3.84. The highest BCUT2D eigenvalue weighted by molar-refractivity contribution is 5.77. The van der Waals surface area contributed by atoms with Gasteiger partial charge in [-0.05, 0) is 25.7 Å². The molecule has 0 spiro atoms. The number of fused-ring (bicyclic) bond motifs is 1. The Hall–Kier alpha value is -1.52. The standard InChI is InChI=1S/C12H19N5/c1-8-10-11(16(2)15-8)17(12(13)14-10)7-9-5-3-4-6-9/h9H,3-7H2,1-2H3,(H2,13,14). The summed E-state index contributed by atoms with van der Waals surface area (Å²) in [6.07, 6.45) is 5.34. The van der Waals surface area contributed by atoms with Crippen LogP contribution in [0.15, 0.2) is 0 Å². The van der Waals surface area contributed by atoms with Gasteiger partial charge in [0.2, 0.25) is 5.95 Å². The molecule has 1 aliphatic rings. The summed E-state index contributed by atoms with van der Waals surface area (Å²) in [5, 5.41) is 4.40. The summed E-state index contributed by atoms with van der Waals surface area (Å²) in [4.78, 5) is 4.43. The highest BCUT2D eigenvalue weighted by atomic mass is 15.3. The van der Waals surface area contributed by atoms with Crippen LogP contribution in [0.5, 0.6) is 0 Å². The van der Waals surface area contributed by atoms with Crippen molar-refractivity contribution in [3.8, 4) is 0 Å². The number of aromatic nitrogens is 4. The Balaban J connectivity index is 2.04. The number of anilines is 1. The van der Waals surface area contributed by atoms with Gasteiger partial charge in [-0.1, -0.05) is 12.8 Å². The SMILES string of the molecule is Cc1nn(C)c2c1nc(N)n2CC1CCCC1. The van der Waals surface area contributed by atoms with E-state index in [1.54, 1.807) is 0 Å². The van der Waals surface area contributed by atoms with E-state index < -0.39 is 0 Å². The van der Waals surface area contributed by atoms with E-state index in [1.165, 1.54) is 25.7 Å². The van der Waals surface area contributed by atoms with Crippen LogP contribution in [-0.4, -0.2) is 19.3 Å². The number of nitrogens with two attached hydrogens (primary N) is 1. The molecule has 2 N–H and O–H groups in total. The molecule has 0 atom stereocenters. The second-order valence-corrected chi connectivity index (χ2v) is 5.11. The fourth-order valence-corrected chi connectivity index (χ4v) is 2.98. The predicted molar refractivity (Wildman–Crippen MR) is 67.6 cm³/mol. The minimum absolute atomic E-state index is 0.628. The van der Waals surface area contributed by atoms with E-state index in [2.05, 4.69) is 14.6 Å². The summed E-state index contributed by atoms with van der Waals surface area (Å²) in [5.74, 6) is 1.38. The maximum Gasteiger partial charge on any atom is 0.202 e.